The molecule has 0 saturated carbocycles. The van der Waals surface area contributed by atoms with E-state index in [1.165, 1.54) is 12.1 Å². The number of nitrogens with one attached hydrogen (secondary N) is 1. The zero-order valence-corrected chi connectivity index (χ0v) is 9.97. The first-order chi connectivity index (χ1) is 8.74. The van der Waals surface area contributed by atoms with Crippen molar-refractivity contribution < 1.29 is 4.39 Å². The Bertz CT molecular complexity index is 531. The topological polar surface area (TPSA) is 67.1 Å². The fourth-order valence-corrected chi connectivity index (χ4v) is 1.69. The third-order valence-electron chi connectivity index (χ3n) is 2.48. The minimum Gasteiger partial charge on any atom is -0.326 e. The van der Waals surface area contributed by atoms with Crippen molar-refractivity contribution in [2.45, 2.75) is 6.92 Å². The molecule has 0 aliphatic rings. The fraction of sp³-hybridized carbons (Fsp3) is 0.167. The monoisotopic (exact) mass is 247 g/mol. The molecule has 0 spiro atoms. The number of rotatable bonds is 4. The standard InChI is InChI=1S/C12H14FN5/c1-2-18(10-5-3-4-9(13)8-10)11-6-7-15-12(16-11)17-14/h3-8H,2,14H2,1H3,(H,15,16,17). The number of nitrogen functional groups attached to an aromatic ring is 1. The molecule has 0 radical (unpaired) electrons. The zero-order valence-electron chi connectivity index (χ0n) is 9.97. The van der Waals surface area contributed by atoms with Crippen molar-refractivity contribution in [2.24, 2.45) is 5.84 Å². The molecule has 18 heavy (non-hydrogen) atoms. The maximum atomic E-state index is 13.2. The highest BCUT2D eigenvalue weighted by atomic mass is 19.1. The summed E-state index contributed by atoms with van der Waals surface area (Å²) < 4.78 is 13.2. The van der Waals surface area contributed by atoms with Gasteiger partial charge in [0.15, 0.2) is 0 Å². The fourth-order valence-electron chi connectivity index (χ4n) is 1.69. The third kappa shape index (κ3) is 2.54. The summed E-state index contributed by atoms with van der Waals surface area (Å²) in [6, 6.07) is 8.10. The lowest BCUT2D eigenvalue weighted by Crippen LogP contribution is -2.19. The van der Waals surface area contributed by atoms with Crippen LogP contribution in [-0.4, -0.2) is 16.5 Å². The van der Waals surface area contributed by atoms with Crippen molar-refractivity contribution >= 4 is 17.5 Å². The van der Waals surface area contributed by atoms with Crippen LogP contribution >= 0.6 is 0 Å². The van der Waals surface area contributed by atoms with Crippen LogP contribution in [0.5, 0.6) is 0 Å². The Morgan fingerprint density at radius 2 is 2.22 bits per heavy atom. The van der Waals surface area contributed by atoms with Crippen LogP contribution in [0.1, 0.15) is 6.92 Å². The predicted molar refractivity (Wildman–Crippen MR) is 68.9 cm³/mol. The Kier molecular flexibility index (Phi) is 3.69. The minimum atomic E-state index is -0.280. The zero-order chi connectivity index (χ0) is 13.0. The summed E-state index contributed by atoms with van der Waals surface area (Å²) in [4.78, 5) is 10.0. The van der Waals surface area contributed by atoms with Gasteiger partial charge in [0.1, 0.15) is 11.6 Å². The van der Waals surface area contributed by atoms with Crippen molar-refractivity contribution in [2.75, 3.05) is 16.9 Å². The summed E-state index contributed by atoms with van der Waals surface area (Å²) in [5.41, 5.74) is 3.12. The second-order valence-corrected chi connectivity index (χ2v) is 3.61. The van der Waals surface area contributed by atoms with Gasteiger partial charge in [-0.05, 0) is 31.2 Å². The number of nitrogens with zero attached hydrogens (tertiary/aromatic N) is 3. The lowest BCUT2D eigenvalue weighted by Gasteiger charge is -2.22. The number of halogens is 1. The van der Waals surface area contributed by atoms with Crippen LogP contribution < -0.4 is 16.2 Å². The molecule has 0 unspecified atom stereocenters. The quantitative estimate of drug-likeness (QED) is 0.639. The maximum Gasteiger partial charge on any atom is 0.239 e. The number of nitrogens with two attached hydrogens (primary N) is 1. The van der Waals surface area contributed by atoms with E-state index in [1.807, 2.05) is 17.9 Å². The molecule has 1 heterocycles. The van der Waals surface area contributed by atoms with Crippen LogP contribution in [0.25, 0.3) is 0 Å². The van der Waals surface area contributed by atoms with Crippen molar-refractivity contribution in [3.8, 4) is 0 Å². The van der Waals surface area contributed by atoms with Gasteiger partial charge in [0.05, 0.1) is 0 Å². The molecule has 0 saturated heterocycles. The first-order valence-corrected chi connectivity index (χ1v) is 5.57. The van der Waals surface area contributed by atoms with E-state index in [4.69, 9.17) is 5.84 Å². The SMILES string of the molecule is CCN(c1cccc(F)c1)c1ccnc(NN)n1. The summed E-state index contributed by atoms with van der Waals surface area (Å²) in [5.74, 6) is 5.97. The van der Waals surface area contributed by atoms with E-state index in [9.17, 15) is 4.39 Å². The molecule has 1 aromatic heterocycles. The average molecular weight is 247 g/mol. The number of hydrazine groups is 1. The molecule has 0 fully saturated rings. The molecule has 2 aromatic rings. The summed E-state index contributed by atoms with van der Waals surface area (Å²) >= 11 is 0. The molecule has 6 heteroatoms. The normalized spacial score (nSPS) is 10.2. The third-order valence-corrected chi connectivity index (χ3v) is 2.48. The van der Waals surface area contributed by atoms with E-state index >= 15 is 0 Å². The molecule has 1 aromatic carbocycles. The van der Waals surface area contributed by atoms with Crippen LogP contribution in [0.3, 0.4) is 0 Å². The van der Waals surface area contributed by atoms with E-state index in [0.717, 1.165) is 5.69 Å². The molecule has 0 aliphatic heterocycles. The Hall–Kier alpha value is -2.21. The molecule has 0 atom stereocenters. The van der Waals surface area contributed by atoms with Crippen LogP contribution in [0, 0.1) is 5.82 Å². The van der Waals surface area contributed by atoms with Crippen LogP contribution in [0.4, 0.5) is 21.8 Å². The summed E-state index contributed by atoms with van der Waals surface area (Å²) in [6.07, 6.45) is 1.60. The van der Waals surface area contributed by atoms with Crippen LogP contribution in [0.15, 0.2) is 36.5 Å². The molecular weight excluding hydrogens is 233 g/mol. The molecule has 0 amide bonds. The van der Waals surface area contributed by atoms with Gasteiger partial charge in [-0.3, -0.25) is 5.43 Å². The lowest BCUT2D eigenvalue weighted by atomic mass is 10.2. The lowest BCUT2D eigenvalue weighted by molar-refractivity contribution is 0.627. The van der Waals surface area contributed by atoms with E-state index < -0.39 is 0 Å². The molecule has 94 valence electrons. The Morgan fingerprint density at radius 3 is 2.89 bits per heavy atom. The highest BCUT2D eigenvalue weighted by molar-refractivity contribution is 5.60. The van der Waals surface area contributed by atoms with Crippen molar-refractivity contribution in [3.05, 3.63) is 42.3 Å². The van der Waals surface area contributed by atoms with E-state index in [-0.39, 0.29) is 5.82 Å². The van der Waals surface area contributed by atoms with Gasteiger partial charge in [-0.2, -0.15) is 4.98 Å². The highest BCUT2D eigenvalue weighted by Gasteiger charge is 2.10. The number of hydrogen-bond donors (Lipinski definition) is 2. The van der Waals surface area contributed by atoms with E-state index in [1.54, 1.807) is 18.3 Å². The Balaban J connectivity index is 2.38. The number of anilines is 3. The minimum absolute atomic E-state index is 0.280. The molecular formula is C12H14FN5. The van der Waals surface area contributed by atoms with Crippen LogP contribution in [-0.2, 0) is 0 Å². The van der Waals surface area contributed by atoms with Crippen LogP contribution in [0.2, 0.25) is 0 Å². The van der Waals surface area contributed by atoms with Gasteiger partial charge < -0.3 is 4.90 Å². The number of benzene rings is 1. The molecule has 2 rings (SSSR count). The molecule has 0 bridgehead atoms. The van der Waals surface area contributed by atoms with E-state index in [0.29, 0.717) is 18.3 Å². The second-order valence-electron chi connectivity index (χ2n) is 3.61. The molecule has 0 aliphatic carbocycles. The summed E-state index contributed by atoms with van der Waals surface area (Å²) in [5, 5.41) is 0. The van der Waals surface area contributed by atoms with Gasteiger partial charge in [0, 0.05) is 18.4 Å². The van der Waals surface area contributed by atoms with E-state index in [2.05, 4.69) is 15.4 Å². The van der Waals surface area contributed by atoms with Crippen molar-refractivity contribution in [1.82, 2.24) is 9.97 Å². The van der Waals surface area contributed by atoms with Gasteiger partial charge in [-0.1, -0.05) is 6.07 Å². The summed E-state index contributed by atoms with van der Waals surface area (Å²) in [6.45, 7) is 2.62. The van der Waals surface area contributed by atoms with Gasteiger partial charge in [0.25, 0.3) is 0 Å². The summed E-state index contributed by atoms with van der Waals surface area (Å²) in [7, 11) is 0. The van der Waals surface area contributed by atoms with Crippen molar-refractivity contribution in [1.29, 1.82) is 0 Å². The largest absolute Gasteiger partial charge is 0.326 e. The molecule has 5 nitrogen and oxygen atoms in total. The smallest absolute Gasteiger partial charge is 0.239 e. The van der Waals surface area contributed by atoms with Crippen molar-refractivity contribution in [3.63, 3.8) is 0 Å². The predicted octanol–water partition coefficient (Wildman–Crippen LogP) is 2.06. The highest BCUT2D eigenvalue weighted by Crippen LogP contribution is 2.23. The van der Waals surface area contributed by atoms with Gasteiger partial charge in [-0.15, -0.1) is 0 Å². The average Bonchev–Trinajstić information content (AvgIpc) is 2.40. The van der Waals surface area contributed by atoms with Gasteiger partial charge in [0.2, 0.25) is 5.95 Å². The van der Waals surface area contributed by atoms with Gasteiger partial charge in [-0.25, -0.2) is 15.2 Å². The second kappa shape index (κ2) is 5.42. The Labute approximate surface area is 104 Å². The first-order valence-electron chi connectivity index (χ1n) is 5.57. The van der Waals surface area contributed by atoms with Gasteiger partial charge >= 0.3 is 0 Å². The molecule has 3 N–H and O–H groups in total. The first kappa shape index (κ1) is 12.3. The number of hydrogen-bond acceptors (Lipinski definition) is 5. The number of aromatic nitrogens is 2. The Morgan fingerprint density at radius 1 is 1.39 bits per heavy atom. The maximum absolute atomic E-state index is 13.2.